The number of hydrogen-bond acceptors (Lipinski definition) is 6. The Balaban J connectivity index is 0.000000473. The largest absolute Gasteiger partial charge is 0.482 e. The van der Waals surface area contributed by atoms with Gasteiger partial charge in [0.05, 0.1) is 6.54 Å². The van der Waals surface area contributed by atoms with Gasteiger partial charge in [0.2, 0.25) is 0 Å². The number of rotatable bonds is 7. The molecule has 0 radical (unpaired) electrons. The number of unbranched alkanes of at least 4 members (excludes halogenated alkanes) is 1. The summed E-state index contributed by atoms with van der Waals surface area (Å²) in [4.78, 5) is 14.8. The quantitative estimate of drug-likeness (QED) is 0.386. The molecule has 0 aliphatic carbocycles. The molecule has 0 saturated carbocycles. The molecule has 0 fully saturated rings. The molecule has 0 aromatic rings. The number of carbonyl (C=O) groups is 1. The third kappa shape index (κ3) is 9.80. The number of nitrogens with two attached hydrogens (primary N) is 2. The Morgan fingerprint density at radius 3 is 2.83 bits per heavy atom. The van der Waals surface area contributed by atoms with Crippen LogP contribution in [0.5, 0.6) is 0 Å². The van der Waals surface area contributed by atoms with Gasteiger partial charge in [-0.2, -0.15) is 0 Å². The second-order valence-electron chi connectivity index (χ2n) is 3.69. The monoisotopic (exact) mass is 257 g/mol. The van der Waals surface area contributed by atoms with Gasteiger partial charge in [0, 0.05) is 0 Å². The fraction of sp³-hybridized carbons (Fsp3) is 0.667. The number of nitrogens with zero attached hydrogens (tertiary/aromatic N) is 1. The molecular weight excluding hydrogens is 234 g/mol. The summed E-state index contributed by atoms with van der Waals surface area (Å²) >= 11 is 0. The summed E-state index contributed by atoms with van der Waals surface area (Å²) in [5.41, 5.74) is 10.8. The zero-order valence-corrected chi connectivity index (χ0v) is 10.7. The van der Waals surface area contributed by atoms with Crippen LogP contribution < -0.4 is 11.5 Å². The maximum atomic E-state index is 11.1. The fourth-order valence-corrected chi connectivity index (χ4v) is 1.14. The molecule has 1 aliphatic rings. The summed E-state index contributed by atoms with van der Waals surface area (Å²) in [6.07, 6.45) is 5.39. The van der Waals surface area contributed by atoms with E-state index in [-0.39, 0.29) is 12.6 Å². The van der Waals surface area contributed by atoms with Crippen molar-refractivity contribution in [1.29, 1.82) is 0 Å². The highest BCUT2D eigenvalue weighted by atomic mass is 16.5. The van der Waals surface area contributed by atoms with Crippen molar-refractivity contribution < 1.29 is 14.3 Å². The Morgan fingerprint density at radius 2 is 2.39 bits per heavy atom. The molecule has 6 heteroatoms. The van der Waals surface area contributed by atoms with Crippen molar-refractivity contribution >= 4 is 12.4 Å². The first-order valence-electron chi connectivity index (χ1n) is 6.05. The topological polar surface area (TPSA) is 99.9 Å². The van der Waals surface area contributed by atoms with E-state index in [1.807, 2.05) is 0 Å². The summed E-state index contributed by atoms with van der Waals surface area (Å²) < 4.78 is 9.42. The minimum Gasteiger partial charge on any atom is -0.482 e. The van der Waals surface area contributed by atoms with Crippen LogP contribution >= 0.6 is 0 Å². The van der Waals surface area contributed by atoms with E-state index in [0.29, 0.717) is 13.0 Å². The Labute approximate surface area is 108 Å². The van der Waals surface area contributed by atoms with Crippen LogP contribution in [0.1, 0.15) is 19.3 Å². The lowest BCUT2D eigenvalue weighted by molar-refractivity contribution is -0.144. The SMILES string of the molecule is C1=NCCO1.C=CCOC(=O)C(N)CCCCN. The predicted molar refractivity (Wildman–Crippen MR) is 71.3 cm³/mol. The maximum Gasteiger partial charge on any atom is 0.323 e. The molecule has 1 heterocycles. The molecule has 1 aliphatic heterocycles. The third-order valence-electron chi connectivity index (χ3n) is 2.10. The maximum absolute atomic E-state index is 11.1. The summed E-state index contributed by atoms with van der Waals surface area (Å²) in [6.45, 7) is 5.92. The molecule has 104 valence electrons. The summed E-state index contributed by atoms with van der Waals surface area (Å²) in [5, 5.41) is 0. The van der Waals surface area contributed by atoms with Crippen molar-refractivity contribution in [2.45, 2.75) is 25.3 Å². The highest BCUT2D eigenvalue weighted by molar-refractivity contribution is 5.75. The Hall–Kier alpha value is -1.40. The lowest BCUT2D eigenvalue weighted by atomic mass is 10.1. The second-order valence-corrected chi connectivity index (χ2v) is 3.69. The first-order valence-corrected chi connectivity index (χ1v) is 6.05. The van der Waals surface area contributed by atoms with E-state index < -0.39 is 6.04 Å². The van der Waals surface area contributed by atoms with E-state index in [0.717, 1.165) is 26.0 Å². The molecule has 0 bridgehead atoms. The fourth-order valence-electron chi connectivity index (χ4n) is 1.14. The molecule has 1 rings (SSSR count). The molecule has 0 aromatic heterocycles. The van der Waals surface area contributed by atoms with Crippen LogP contribution in [0.25, 0.3) is 0 Å². The lowest BCUT2D eigenvalue weighted by Crippen LogP contribution is -2.32. The van der Waals surface area contributed by atoms with E-state index in [4.69, 9.17) is 16.2 Å². The van der Waals surface area contributed by atoms with Crippen molar-refractivity contribution in [1.82, 2.24) is 0 Å². The van der Waals surface area contributed by atoms with Gasteiger partial charge in [0.15, 0.2) is 6.40 Å². The predicted octanol–water partition coefficient (Wildman–Crippen LogP) is 0.217. The van der Waals surface area contributed by atoms with E-state index in [9.17, 15) is 4.79 Å². The van der Waals surface area contributed by atoms with Gasteiger partial charge in [-0.15, -0.1) is 0 Å². The molecule has 18 heavy (non-hydrogen) atoms. The van der Waals surface area contributed by atoms with Crippen molar-refractivity contribution in [3.8, 4) is 0 Å². The molecule has 1 unspecified atom stereocenters. The number of esters is 1. The van der Waals surface area contributed by atoms with E-state index in [1.54, 1.807) is 0 Å². The molecule has 0 amide bonds. The minimum atomic E-state index is -0.522. The van der Waals surface area contributed by atoms with Crippen LogP contribution in [-0.4, -0.2) is 44.7 Å². The van der Waals surface area contributed by atoms with Crippen LogP contribution in [0.3, 0.4) is 0 Å². The van der Waals surface area contributed by atoms with Gasteiger partial charge in [0.1, 0.15) is 19.3 Å². The number of hydrogen-bond donors (Lipinski definition) is 2. The van der Waals surface area contributed by atoms with Crippen molar-refractivity contribution in [2.75, 3.05) is 26.3 Å². The van der Waals surface area contributed by atoms with Gasteiger partial charge in [-0.1, -0.05) is 19.1 Å². The number of aliphatic imine (C=N–C) groups is 1. The van der Waals surface area contributed by atoms with Crippen molar-refractivity contribution in [2.24, 2.45) is 16.5 Å². The first-order chi connectivity index (χ1) is 8.72. The first kappa shape index (κ1) is 16.6. The van der Waals surface area contributed by atoms with E-state index in [1.165, 1.54) is 12.5 Å². The summed E-state index contributed by atoms with van der Waals surface area (Å²) in [6, 6.07) is -0.522. The lowest BCUT2D eigenvalue weighted by Gasteiger charge is -2.09. The minimum absolute atomic E-state index is 0.226. The van der Waals surface area contributed by atoms with Gasteiger partial charge in [-0.3, -0.25) is 9.79 Å². The summed E-state index contributed by atoms with van der Waals surface area (Å²) in [7, 11) is 0. The summed E-state index contributed by atoms with van der Waals surface area (Å²) in [5.74, 6) is -0.364. The smallest absolute Gasteiger partial charge is 0.323 e. The Morgan fingerprint density at radius 1 is 1.61 bits per heavy atom. The van der Waals surface area contributed by atoms with Crippen LogP contribution in [0.2, 0.25) is 0 Å². The van der Waals surface area contributed by atoms with E-state index in [2.05, 4.69) is 16.3 Å². The van der Waals surface area contributed by atoms with Crippen LogP contribution in [-0.2, 0) is 14.3 Å². The molecule has 6 nitrogen and oxygen atoms in total. The third-order valence-corrected chi connectivity index (χ3v) is 2.10. The van der Waals surface area contributed by atoms with Crippen molar-refractivity contribution in [3.05, 3.63) is 12.7 Å². The van der Waals surface area contributed by atoms with Gasteiger partial charge >= 0.3 is 5.97 Å². The average Bonchev–Trinajstić information content (AvgIpc) is 2.95. The van der Waals surface area contributed by atoms with Gasteiger partial charge < -0.3 is 20.9 Å². The van der Waals surface area contributed by atoms with Gasteiger partial charge in [-0.05, 0) is 19.4 Å². The van der Waals surface area contributed by atoms with E-state index >= 15 is 0 Å². The normalized spacial score (nSPS) is 14.1. The van der Waals surface area contributed by atoms with Crippen LogP contribution in [0.4, 0.5) is 0 Å². The van der Waals surface area contributed by atoms with Crippen molar-refractivity contribution in [3.63, 3.8) is 0 Å². The Kier molecular flexibility index (Phi) is 11.1. The number of ether oxygens (including phenoxy) is 2. The Bertz CT molecular complexity index is 251. The second kappa shape index (κ2) is 12.1. The molecule has 0 spiro atoms. The molecule has 4 N–H and O–H groups in total. The average molecular weight is 257 g/mol. The van der Waals surface area contributed by atoms with Gasteiger partial charge in [0.25, 0.3) is 0 Å². The van der Waals surface area contributed by atoms with Crippen LogP contribution in [0, 0.1) is 0 Å². The molecule has 1 atom stereocenters. The molecule has 0 saturated heterocycles. The number of carbonyl (C=O) groups excluding carboxylic acids is 1. The zero-order valence-electron chi connectivity index (χ0n) is 10.7. The van der Waals surface area contributed by atoms with Crippen LogP contribution in [0.15, 0.2) is 17.6 Å². The highest BCUT2D eigenvalue weighted by Crippen LogP contribution is 1.99. The zero-order chi connectivity index (χ0) is 13.6. The standard InChI is InChI=1S/C9H18N2O2.C3H5NO/c1-2-7-13-9(12)8(11)5-3-4-6-10;1-2-5-3-4-1/h2,8H,1,3-7,10-11H2;3H,1-2H2. The highest BCUT2D eigenvalue weighted by Gasteiger charge is 2.13. The van der Waals surface area contributed by atoms with Gasteiger partial charge in [-0.25, -0.2) is 0 Å². The molecular formula is C12H23N3O3. The molecule has 0 aromatic carbocycles.